The molecule has 0 radical (unpaired) electrons. The summed E-state index contributed by atoms with van der Waals surface area (Å²) >= 11 is 6.95. The van der Waals surface area contributed by atoms with Crippen LogP contribution in [-0.2, 0) is 10.0 Å². The van der Waals surface area contributed by atoms with Gasteiger partial charge >= 0.3 is 0 Å². The number of hydrogen-bond donors (Lipinski definition) is 2. The van der Waals surface area contributed by atoms with E-state index in [1.54, 1.807) is 24.4 Å². The third-order valence-corrected chi connectivity index (χ3v) is 5.10. The molecule has 0 saturated carbocycles. The fourth-order valence-electron chi connectivity index (χ4n) is 1.37. The van der Waals surface area contributed by atoms with Gasteiger partial charge in [-0.25, -0.2) is 13.4 Å². The van der Waals surface area contributed by atoms with E-state index in [2.05, 4.69) is 14.9 Å². The third kappa shape index (κ3) is 3.09. The number of thiazole rings is 1. The van der Waals surface area contributed by atoms with Crippen LogP contribution in [-0.4, -0.2) is 24.3 Å². The zero-order valence-corrected chi connectivity index (χ0v) is 12.6. The number of aromatic nitrogens is 1. The second kappa shape index (κ2) is 5.78. The summed E-state index contributed by atoms with van der Waals surface area (Å²) in [6, 6.07) is 6.12. The molecule has 0 aliphatic carbocycles. The Bertz CT molecular complexity index is 756. The molecule has 2 N–H and O–H groups in total. The Morgan fingerprint density at radius 2 is 2.15 bits per heavy atom. The topological polar surface area (TPSA) is 91.7 Å². The van der Waals surface area contributed by atoms with Gasteiger partial charge in [-0.15, -0.1) is 11.3 Å². The lowest BCUT2D eigenvalue weighted by atomic mass is 10.3. The highest BCUT2D eigenvalue weighted by atomic mass is 35.5. The van der Waals surface area contributed by atoms with Crippen LogP contribution in [0.5, 0.6) is 0 Å². The van der Waals surface area contributed by atoms with Gasteiger partial charge in [0, 0.05) is 5.38 Å². The van der Waals surface area contributed by atoms with Gasteiger partial charge < -0.3 is 5.21 Å². The number of hydrogen-bond acceptors (Lipinski definition) is 6. The monoisotopic (exact) mass is 331 g/mol. The van der Waals surface area contributed by atoms with Crippen LogP contribution in [0.2, 0.25) is 5.02 Å². The lowest BCUT2D eigenvalue weighted by Gasteiger charge is -2.06. The number of anilines is 1. The lowest BCUT2D eigenvalue weighted by molar-refractivity contribution is 0.319. The zero-order chi connectivity index (χ0) is 14.8. The van der Waals surface area contributed by atoms with E-state index < -0.39 is 10.0 Å². The Morgan fingerprint density at radius 1 is 1.45 bits per heavy atom. The molecule has 2 rings (SSSR count). The molecule has 106 valence electrons. The van der Waals surface area contributed by atoms with Crippen molar-refractivity contribution in [3.8, 4) is 0 Å². The average molecular weight is 332 g/mol. The number of nitrogens with zero attached hydrogens (tertiary/aromatic N) is 2. The second-order valence-corrected chi connectivity index (χ2v) is 6.68. The summed E-state index contributed by atoms with van der Waals surface area (Å²) in [5.41, 5.74) is 0.693. The number of halogens is 1. The first-order chi connectivity index (χ1) is 9.44. The molecule has 0 saturated heterocycles. The standard InChI is InChI=1S/C11H10ClN3O3S2/c1-7(14-16)9-6-19-11(13-9)15-20(17,18)10-5-3-2-4-8(10)12/h2-6,16H,1H3,(H,13,15). The minimum Gasteiger partial charge on any atom is -0.411 e. The Kier molecular flexibility index (Phi) is 4.26. The van der Waals surface area contributed by atoms with Gasteiger partial charge in [0.15, 0.2) is 5.13 Å². The summed E-state index contributed by atoms with van der Waals surface area (Å²) in [7, 11) is -3.80. The van der Waals surface area contributed by atoms with Gasteiger partial charge in [0.1, 0.15) is 16.3 Å². The predicted octanol–water partition coefficient (Wildman–Crippen LogP) is 2.80. The second-order valence-electron chi connectivity index (χ2n) is 3.76. The summed E-state index contributed by atoms with van der Waals surface area (Å²) in [4.78, 5) is 3.99. The van der Waals surface area contributed by atoms with Gasteiger partial charge in [-0.05, 0) is 19.1 Å². The predicted molar refractivity (Wildman–Crippen MR) is 78.4 cm³/mol. The van der Waals surface area contributed by atoms with Crippen LogP contribution < -0.4 is 4.72 Å². The minimum absolute atomic E-state index is 0.0223. The van der Waals surface area contributed by atoms with Crippen molar-refractivity contribution in [1.29, 1.82) is 0 Å². The first kappa shape index (κ1) is 14.8. The molecule has 9 heteroatoms. The molecular weight excluding hydrogens is 322 g/mol. The van der Waals surface area contributed by atoms with E-state index in [-0.39, 0.29) is 15.0 Å². The molecule has 6 nitrogen and oxygen atoms in total. The van der Waals surface area contributed by atoms with Crippen molar-refractivity contribution in [3.63, 3.8) is 0 Å². The average Bonchev–Trinajstić information content (AvgIpc) is 2.85. The van der Waals surface area contributed by atoms with Gasteiger partial charge in [-0.1, -0.05) is 28.9 Å². The van der Waals surface area contributed by atoms with Crippen molar-refractivity contribution in [1.82, 2.24) is 4.98 Å². The van der Waals surface area contributed by atoms with E-state index in [0.29, 0.717) is 11.4 Å². The molecule has 2 aromatic rings. The number of nitrogens with one attached hydrogen (secondary N) is 1. The Labute approximate surface area is 124 Å². The van der Waals surface area contributed by atoms with Crippen molar-refractivity contribution in [2.45, 2.75) is 11.8 Å². The van der Waals surface area contributed by atoms with Crippen molar-refractivity contribution in [2.75, 3.05) is 4.72 Å². The van der Waals surface area contributed by atoms with Gasteiger partial charge in [0.05, 0.1) is 5.02 Å². The van der Waals surface area contributed by atoms with E-state index in [9.17, 15) is 8.42 Å². The maximum Gasteiger partial charge on any atom is 0.265 e. The first-order valence-corrected chi connectivity index (χ1v) is 8.10. The molecule has 1 aromatic carbocycles. The van der Waals surface area contributed by atoms with Crippen LogP contribution in [0.25, 0.3) is 0 Å². The maximum absolute atomic E-state index is 12.2. The summed E-state index contributed by atoms with van der Waals surface area (Å²) in [6.07, 6.45) is 0. The van der Waals surface area contributed by atoms with Crippen molar-refractivity contribution < 1.29 is 13.6 Å². The number of benzene rings is 1. The van der Waals surface area contributed by atoms with Crippen LogP contribution in [0, 0.1) is 0 Å². The highest BCUT2D eigenvalue weighted by molar-refractivity contribution is 7.93. The highest BCUT2D eigenvalue weighted by Crippen LogP contribution is 2.25. The summed E-state index contributed by atoms with van der Waals surface area (Å²) in [5, 5.41) is 13.5. The Balaban J connectivity index is 2.30. The largest absolute Gasteiger partial charge is 0.411 e. The van der Waals surface area contributed by atoms with Crippen LogP contribution in [0.15, 0.2) is 39.7 Å². The summed E-state index contributed by atoms with van der Waals surface area (Å²) in [6.45, 7) is 1.56. The molecule has 0 fully saturated rings. The highest BCUT2D eigenvalue weighted by Gasteiger charge is 2.19. The van der Waals surface area contributed by atoms with Crippen LogP contribution in [0.3, 0.4) is 0 Å². The van der Waals surface area contributed by atoms with Crippen molar-refractivity contribution in [3.05, 3.63) is 40.4 Å². The molecule has 0 aliphatic rings. The normalized spacial score (nSPS) is 12.4. The van der Waals surface area contributed by atoms with E-state index in [1.165, 1.54) is 12.1 Å². The minimum atomic E-state index is -3.80. The molecule has 0 spiro atoms. The summed E-state index contributed by atoms with van der Waals surface area (Å²) in [5.74, 6) is 0. The van der Waals surface area contributed by atoms with Gasteiger partial charge in [0.25, 0.3) is 10.0 Å². The molecule has 0 bridgehead atoms. The lowest BCUT2D eigenvalue weighted by Crippen LogP contribution is -2.13. The Morgan fingerprint density at radius 3 is 2.80 bits per heavy atom. The quantitative estimate of drug-likeness (QED) is 0.512. The summed E-state index contributed by atoms with van der Waals surface area (Å²) < 4.78 is 26.7. The number of oxime groups is 1. The van der Waals surface area contributed by atoms with E-state index in [4.69, 9.17) is 16.8 Å². The first-order valence-electron chi connectivity index (χ1n) is 5.36. The van der Waals surface area contributed by atoms with Crippen LogP contribution >= 0.6 is 22.9 Å². The van der Waals surface area contributed by atoms with E-state index >= 15 is 0 Å². The third-order valence-electron chi connectivity index (χ3n) is 2.37. The Hall–Kier alpha value is -1.64. The smallest absolute Gasteiger partial charge is 0.265 e. The molecule has 1 heterocycles. The fraction of sp³-hybridized carbons (Fsp3) is 0.0909. The maximum atomic E-state index is 12.2. The van der Waals surface area contributed by atoms with Gasteiger partial charge in [-0.2, -0.15) is 0 Å². The van der Waals surface area contributed by atoms with Crippen molar-refractivity contribution in [2.24, 2.45) is 5.16 Å². The number of rotatable bonds is 4. The van der Waals surface area contributed by atoms with E-state index in [0.717, 1.165) is 11.3 Å². The molecule has 0 aliphatic heterocycles. The molecule has 1 aromatic heterocycles. The van der Waals surface area contributed by atoms with Crippen molar-refractivity contribution >= 4 is 43.8 Å². The van der Waals surface area contributed by atoms with Gasteiger partial charge in [-0.3, -0.25) is 4.72 Å². The molecule has 20 heavy (non-hydrogen) atoms. The molecule has 0 amide bonds. The molecule has 0 unspecified atom stereocenters. The SMILES string of the molecule is CC(=NO)c1csc(NS(=O)(=O)c2ccccc2Cl)n1. The molecule has 0 atom stereocenters. The van der Waals surface area contributed by atoms with Crippen LogP contribution in [0.1, 0.15) is 12.6 Å². The van der Waals surface area contributed by atoms with Gasteiger partial charge in [0.2, 0.25) is 0 Å². The zero-order valence-electron chi connectivity index (χ0n) is 10.2. The molecular formula is C11H10ClN3O3S2. The number of sulfonamides is 1. The fourth-order valence-corrected chi connectivity index (χ4v) is 3.90. The van der Waals surface area contributed by atoms with E-state index in [1.807, 2.05) is 0 Å². The van der Waals surface area contributed by atoms with Crippen LogP contribution in [0.4, 0.5) is 5.13 Å².